The van der Waals surface area contributed by atoms with E-state index in [-0.39, 0.29) is 5.91 Å². The first-order valence-electron chi connectivity index (χ1n) is 9.12. The van der Waals surface area contributed by atoms with E-state index in [1.54, 1.807) is 25.3 Å². The molecule has 3 rings (SSSR count). The minimum Gasteiger partial charge on any atom is -0.489 e. The first kappa shape index (κ1) is 20.6. The molecule has 1 N–H and O–H groups in total. The largest absolute Gasteiger partial charge is 0.489 e. The molecule has 0 saturated heterocycles. The highest BCUT2D eigenvalue weighted by molar-refractivity contribution is 9.10. The molecule has 0 aliphatic heterocycles. The van der Waals surface area contributed by atoms with Crippen LogP contribution < -0.4 is 14.9 Å². The third-order valence-corrected chi connectivity index (χ3v) is 4.54. The van der Waals surface area contributed by atoms with Gasteiger partial charge in [-0.05, 0) is 66.6 Å². The molecule has 0 spiro atoms. The lowest BCUT2D eigenvalue weighted by Gasteiger charge is -2.12. The molecule has 0 aliphatic rings. The predicted molar refractivity (Wildman–Crippen MR) is 117 cm³/mol. The van der Waals surface area contributed by atoms with Crippen molar-refractivity contribution in [3.63, 3.8) is 0 Å². The zero-order valence-electron chi connectivity index (χ0n) is 15.9. The van der Waals surface area contributed by atoms with Gasteiger partial charge in [-0.2, -0.15) is 5.10 Å². The molecule has 0 aliphatic carbocycles. The Balaban J connectivity index is 1.45. The lowest BCUT2D eigenvalue weighted by atomic mass is 10.2. The number of hydrogen-bond acceptors (Lipinski definition) is 4. The maximum atomic E-state index is 12.1. The summed E-state index contributed by atoms with van der Waals surface area (Å²) in [5, 5.41) is 3.99. The molecule has 0 bridgehead atoms. The summed E-state index contributed by atoms with van der Waals surface area (Å²) in [7, 11) is 0. The first-order valence-corrected chi connectivity index (χ1v) is 9.91. The molecule has 0 radical (unpaired) electrons. The van der Waals surface area contributed by atoms with Crippen LogP contribution in [0.25, 0.3) is 0 Å². The number of hydrazone groups is 1. The van der Waals surface area contributed by atoms with Crippen LogP contribution in [0.3, 0.4) is 0 Å². The molecule has 0 unspecified atom stereocenters. The molecule has 0 saturated carbocycles. The lowest BCUT2D eigenvalue weighted by molar-refractivity contribution is -0.127. The molecule has 148 valence electrons. The van der Waals surface area contributed by atoms with Crippen molar-refractivity contribution < 1.29 is 14.3 Å². The van der Waals surface area contributed by atoms with E-state index in [0.29, 0.717) is 12.4 Å². The maximum Gasteiger partial charge on any atom is 0.280 e. The molecule has 3 aromatic rings. The van der Waals surface area contributed by atoms with Gasteiger partial charge in [-0.3, -0.25) is 4.79 Å². The van der Waals surface area contributed by atoms with Crippen LogP contribution in [-0.4, -0.2) is 18.2 Å². The summed E-state index contributed by atoms with van der Waals surface area (Å²) in [4.78, 5) is 12.1. The number of amides is 1. The third kappa shape index (κ3) is 6.76. The molecule has 29 heavy (non-hydrogen) atoms. The van der Waals surface area contributed by atoms with Crippen LogP contribution in [0.1, 0.15) is 18.1 Å². The third-order valence-electron chi connectivity index (χ3n) is 4.01. The Kier molecular flexibility index (Phi) is 7.41. The summed E-state index contributed by atoms with van der Waals surface area (Å²) in [6.07, 6.45) is 0.910. The van der Waals surface area contributed by atoms with E-state index in [1.165, 1.54) is 0 Å². The second-order valence-corrected chi connectivity index (χ2v) is 7.21. The molecular formula is C23H21BrN2O3. The Bertz CT molecular complexity index is 942. The SMILES string of the molecule is C[C@@H](Oc1ccc(Br)cc1)C(=O)N/N=C\c1ccc(OCc2ccccc2)cc1. The molecular weight excluding hydrogens is 432 g/mol. The molecule has 5 nitrogen and oxygen atoms in total. The van der Waals surface area contributed by atoms with Crippen LogP contribution in [0, 0.1) is 0 Å². The number of carbonyl (C=O) groups is 1. The summed E-state index contributed by atoms with van der Waals surface area (Å²) in [5.41, 5.74) is 4.45. The second-order valence-electron chi connectivity index (χ2n) is 6.29. The van der Waals surface area contributed by atoms with E-state index in [1.807, 2.05) is 66.7 Å². The molecule has 0 aromatic heterocycles. The zero-order valence-corrected chi connectivity index (χ0v) is 17.5. The standard InChI is InChI=1S/C23H21BrN2O3/c1-17(29-22-13-9-20(24)10-14-22)23(27)26-25-15-18-7-11-21(12-8-18)28-16-19-5-3-2-4-6-19/h2-15,17H,16H2,1H3,(H,26,27)/b25-15-/t17-/m1/s1. The Hall–Kier alpha value is -3.12. The fraction of sp³-hybridized carbons (Fsp3) is 0.130. The molecule has 6 heteroatoms. The van der Waals surface area contributed by atoms with E-state index in [0.717, 1.165) is 21.3 Å². The van der Waals surface area contributed by atoms with Gasteiger partial charge in [0.2, 0.25) is 0 Å². The minimum atomic E-state index is -0.665. The number of halogens is 1. The molecule has 3 aromatic carbocycles. The van der Waals surface area contributed by atoms with E-state index in [4.69, 9.17) is 9.47 Å². The maximum absolute atomic E-state index is 12.1. The molecule has 1 atom stereocenters. The van der Waals surface area contributed by atoms with Gasteiger partial charge in [-0.15, -0.1) is 0 Å². The summed E-state index contributed by atoms with van der Waals surface area (Å²) in [6, 6.07) is 24.7. The van der Waals surface area contributed by atoms with Gasteiger partial charge < -0.3 is 9.47 Å². The van der Waals surface area contributed by atoms with E-state index in [2.05, 4.69) is 26.5 Å². The summed E-state index contributed by atoms with van der Waals surface area (Å²) < 4.78 is 12.3. The van der Waals surface area contributed by atoms with Crippen LogP contribution in [0.4, 0.5) is 0 Å². The average Bonchev–Trinajstić information content (AvgIpc) is 2.75. The van der Waals surface area contributed by atoms with Crippen LogP contribution >= 0.6 is 15.9 Å². The van der Waals surface area contributed by atoms with Gasteiger partial charge in [-0.25, -0.2) is 5.43 Å². The van der Waals surface area contributed by atoms with Crippen LogP contribution in [-0.2, 0) is 11.4 Å². The number of carbonyl (C=O) groups excluding carboxylic acids is 1. The van der Waals surface area contributed by atoms with Crippen molar-refractivity contribution in [2.75, 3.05) is 0 Å². The monoisotopic (exact) mass is 452 g/mol. The Morgan fingerprint density at radius 2 is 1.66 bits per heavy atom. The van der Waals surface area contributed by atoms with E-state index in [9.17, 15) is 4.79 Å². The van der Waals surface area contributed by atoms with Crippen molar-refractivity contribution in [2.24, 2.45) is 5.10 Å². The average molecular weight is 453 g/mol. The lowest BCUT2D eigenvalue weighted by Crippen LogP contribution is -2.33. The smallest absolute Gasteiger partial charge is 0.280 e. The van der Waals surface area contributed by atoms with Gasteiger partial charge in [0.05, 0.1) is 6.21 Å². The first-order chi connectivity index (χ1) is 14.1. The molecule has 1 amide bonds. The predicted octanol–water partition coefficient (Wildman–Crippen LogP) is 4.95. The van der Waals surface area contributed by atoms with Gasteiger partial charge >= 0.3 is 0 Å². The van der Waals surface area contributed by atoms with Crippen molar-refractivity contribution in [3.05, 3.63) is 94.5 Å². The quantitative estimate of drug-likeness (QED) is 0.388. The topological polar surface area (TPSA) is 59.9 Å². The summed E-state index contributed by atoms with van der Waals surface area (Å²) in [6.45, 7) is 2.19. The normalized spacial score (nSPS) is 11.8. The summed E-state index contributed by atoms with van der Waals surface area (Å²) >= 11 is 3.36. The van der Waals surface area contributed by atoms with Crippen molar-refractivity contribution in [1.29, 1.82) is 0 Å². The number of ether oxygens (including phenoxy) is 2. The Morgan fingerprint density at radius 1 is 1.00 bits per heavy atom. The highest BCUT2D eigenvalue weighted by Gasteiger charge is 2.13. The van der Waals surface area contributed by atoms with Gasteiger partial charge in [-0.1, -0.05) is 46.3 Å². The van der Waals surface area contributed by atoms with Crippen molar-refractivity contribution in [2.45, 2.75) is 19.6 Å². The fourth-order valence-corrected chi connectivity index (χ4v) is 2.69. The number of benzene rings is 3. The molecule has 0 heterocycles. The van der Waals surface area contributed by atoms with Gasteiger partial charge in [0.25, 0.3) is 5.91 Å². The van der Waals surface area contributed by atoms with E-state index < -0.39 is 6.10 Å². The van der Waals surface area contributed by atoms with Crippen molar-refractivity contribution >= 4 is 28.1 Å². The van der Waals surface area contributed by atoms with Crippen LogP contribution in [0.15, 0.2) is 88.4 Å². The fourth-order valence-electron chi connectivity index (χ4n) is 2.42. The molecule has 0 fully saturated rings. The number of nitrogens with zero attached hydrogens (tertiary/aromatic N) is 1. The van der Waals surface area contributed by atoms with Gasteiger partial charge in [0, 0.05) is 4.47 Å². The summed E-state index contributed by atoms with van der Waals surface area (Å²) in [5.74, 6) is 1.06. The zero-order chi connectivity index (χ0) is 20.5. The number of nitrogens with one attached hydrogen (secondary N) is 1. The van der Waals surface area contributed by atoms with Gasteiger partial charge in [0.1, 0.15) is 18.1 Å². The Morgan fingerprint density at radius 3 is 2.34 bits per heavy atom. The van der Waals surface area contributed by atoms with E-state index >= 15 is 0 Å². The number of rotatable bonds is 8. The Labute approximate surface area is 178 Å². The number of hydrogen-bond donors (Lipinski definition) is 1. The van der Waals surface area contributed by atoms with Crippen LogP contribution in [0.5, 0.6) is 11.5 Å². The van der Waals surface area contributed by atoms with Crippen LogP contribution in [0.2, 0.25) is 0 Å². The van der Waals surface area contributed by atoms with Crippen molar-refractivity contribution in [3.8, 4) is 11.5 Å². The highest BCUT2D eigenvalue weighted by Crippen LogP contribution is 2.17. The highest BCUT2D eigenvalue weighted by atomic mass is 79.9. The van der Waals surface area contributed by atoms with Gasteiger partial charge in [0.15, 0.2) is 6.10 Å². The second kappa shape index (κ2) is 10.4. The minimum absolute atomic E-state index is 0.327. The van der Waals surface area contributed by atoms with Crippen molar-refractivity contribution in [1.82, 2.24) is 5.43 Å².